The zero-order valence-electron chi connectivity index (χ0n) is 13.7. The molecule has 0 bridgehead atoms. The number of ether oxygens (including phenoxy) is 1. The first-order valence-electron chi connectivity index (χ1n) is 8.11. The second kappa shape index (κ2) is 6.58. The van der Waals surface area contributed by atoms with Crippen molar-refractivity contribution >= 4 is 17.5 Å². The Morgan fingerprint density at radius 1 is 1.09 bits per heavy atom. The molecule has 0 aromatic heterocycles. The second-order valence-electron chi connectivity index (χ2n) is 5.92. The van der Waals surface area contributed by atoms with Crippen molar-refractivity contribution in [1.82, 2.24) is 9.80 Å². The minimum absolute atomic E-state index is 0.0320. The Kier molecular flexibility index (Phi) is 4.52. The monoisotopic (exact) mass is 317 g/mol. The third-order valence-corrected chi connectivity index (χ3v) is 4.73. The summed E-state index contributed by atoms with van der Waals surface area (Å²) < 4.78 is 5.18. The van der Waals surface area contributed by atoms with Crippen LogP contribution in [0.3, 0.4) is 0 Å². The van der Waals surface area contributed by atoms with Crippen molar-refractivity contribution in [2.75, 3.05) is 44.7 Å². The molecule has 124 valence electrons. The van der Waals surface area contributed by atoms with Crippen LogP contribution in [0.2, 0.25) is 0 Å². The summed E-state index contributed by atoms with van der Waals surface area (Å²) in [6.45, 7) is 5.63. The maximum Gasteiger partial charge on any atom is 0.247 e. The quantitative estimate of drug-likeness (QED) is 0.775. The number of methoxy groups -OCH3 is 1. The number of benzene rings is 1. The summed E-state index contributed by atoms with van der Waals surface area (Å²) in [5.41, 5.74) is 1.16. The van der Waals surface area contributed by atoms with Gasteiger partial charge in [0.25, 0.3) is 0 Å². The fraction of sp³-hybridized carbons (Fsp3) is 0.529. The molecular weight excluding hydrogens is 294 g/mol. The Hall–Kier alpha value is -2.08. The smallest absolute Gasteiger partial charge is 0.247 e. The van der Waals surface area contributed by atoms with E-state index in [0.717, 1.165) is 37.6 Å². The number of carbonyl (C=O) groups excluding carboxylic acids is 2. The van der Waals surface area contributed by atoms with E-state index in [1.54, 1.807) is 7.11 Å². The molecule has 2 amide bonds. The first-order chi connectivity index (χ1) is 11.1. The van der Waals surface area contributed by atoms with Gasteiger partial charge < -0.3 is 9.64 Å². The molecule has 0 saturated carbocycles. The lowest BCUT2D eigenvalue weighted by atomic mass is 10.1. The first-order valence-corrected chi connectivity index (χ1v) is 8.11. The molecule has 0 spiro atoms. The van der Waals surface area contributed by atoms with Crippen molar-refractivity contribution in [2.24, 2.45) is 0 Å². The minimum atomic E-state index is -0.263. The number of hydrogen-bond acceptors (Lipinski definition) is 5. The number of amides is 2. The predicted octanol–water partition coefficient (Wildman–Crippen LogP) is 0.965. The SMILES string of the molecule is CCN1C(=O)C[C@@H](N2CCN(c3ccc(OC)cc3)CC2)C1=O. The number of likely N-dealkylation sites (N-methyl/N-ethyl adjacent to an activating group) is 1. The molecule has 1 atom stereocenters. The van der Waals surface area contributed by atoms with E-state index in [-0.39, 0.29) is 17.9 Å². The molecule has 6 heteroatoms. The Bertz CT molecular complexity index is 579. The van der Waals surface area contributed by atoms with Crippen LogP contribution in [0.15, 0.2) is 24.3 Å². The topological polar surface area (TPSA) is 53.1 Å². The van der Waals surface area contributed by atoms with E-state index in [9.17, 15) is 9.59 Å². The zero-order valence-corrected chi connectivity index (χ0v) is 13.7. The highest BCUT2D eigenvalue weighted by atomic mass is 16.5. The van der Waals surface area contributed by atoms with Crippen LogP contribution >= 0.6 is 0 Å². The maximum atomic E-state index is 12.3. The fourth-order valence-electron chi connectivity index (χ4n) is 3.37. The van der Waals surface area contributed by atoms with Crippen molar-refractivity contribution in [1.29, 1.82) is 0 Å². The standard InChI is InChI=1S/C17H23N3O3/c1-3-20-16(21)12-15(17(20)22)19-10-8-18(9-11-19)13-4-6-14(23-2)7-5-13/h4-7,15H,3,8-12H2,1-2H3/t15-/m1/s1. The number of likely N-dealkylation sites (tertiary alicyclic amines) is 1. The molecule has 6 nitrogen and oxygen atoms in total. The van der Waals surface area contributed by atoms with Gasteiger partial charge >= 0.3 is 0 Å². The Morgan fingerprint density at radius 3 is 2.26 bits per heavy atom. The molecule has 0 N–H and O–H groups in total. The molecule has 2 aliphatic heterocycles. The minimum Gasteiger partial charge on any atom is -0.497 e. The second-order valence-corrected chi connectivity index (χ2v) is 5.92. The van der Waals surface area contributed by atoms with Crippen LogP contribution in [0.25, 0.3) is 0 Å². The third kappa shape index (κ3) is 3.03. The molecular formula is C17H23N3O3. The van der Waals surface area contributed by atoms with Gasteiger partial charge in [0, 0.05) is 38.4 Å². The van der Waals surface area contributed by atoms with E-state index in [0.29, 0.717) is 13.0 Å². The van der Waals surface area contributed by atoms with Gasteiger partial charge in [-0.25, -0.2) is 0 Å². The summed E-state index contributed by atoms with van der Waals surface area (Å²) in [6.07, 6.45) is 0.329. The van der Waals surface area contributed by atoms with Crippen molar-refractivity contribution in [3.63, 3.8) is 0 Å². The first kappa shape index (κ1) is 15.8. The average Bonchev–Trinajstić information content (AvgIpc) is 2.89. The summed E-state index contributed by atoms with van der Waals surface area (Å²) in [5.74, 6) is 0.776. The molecule has 3 rings (SSSR count). The van der Waals surface area contributed by atoms with Crippen LogP contribution in [-0.2, 0) is 9.59 Å². The van der Waals surface area contributed by atoms with Crippen LogP contribution in [0.4, 0.5) is 5.69 Å². The lowest BCUT2D eigenvalue weighted by molar-refractivity contribution is -0.139. The normalized spacial score (nSPS) is 22.8. The van der Waals surface area contributed by atoms with Gasteiger partial charge in [-0.3, -0.25) is 19.4 Å². The van der Waals surface area contributed by atoms with Gasteiger partial charge in [0.1, 0.15) is 5.75 Å². The van der Waals surface area contributed by atoms with Crippen molar-refractivity contribution in [3.05, 3.63) is 24.3 Å². The van der Waals surface area contributed by atoms with E-state index in [1.165, 1.54) is 4.90 Å². The lowest BCUT2D eigenvalue weighted by Gasteiger charge is -2.38. The number of carbonyl (C=O) groups is 2. The van der Waals surface area contributed by atoms with Crippen LogP contribution in [-0.4, -0.2) is 67.5 Å². The van der Waals surface area contributed by atoms with Crippen LogP contribution < -0.4 is 9.64 Å². The van der Waals surface area contributed by atoms with Crippen molar-refractivity contribution in [3.8, 4) is 5.75 Å². The van der Waals surface area contributed by atoms with Gasteiger partial charge in [-0.15, -0.1) is 0 Å². The van der Waals surface area contributed by atoms with Gasteiger partial charge in [0.2, 0.25) is 11.8 Å². The number of piperazine rings is 1. The molecule has 2 heterocycles. The maximum absolute atomic E-state index is 12.3. The molecule has 2 fully saturated rings. The van der Waals surface area contributed by atoms with Gasteiger partial charge in [-0.05, 0) is 31.2 Å². The van der Waals surface area contributed by atoms with E-state index >= 15 is 0 Å². The van der Waals surface area contributed by atoms with E-state index in [1.807, 2.05) is 19.1 Å². The molecule has 0 unspecified atom stereocenters. The molecule has 2 aliphatic rings. The molecule has 1 aromatic carbocycles. The average molecular weight is 317 g/mol. The van der Waals surface area contributed by atoms with E-state index in [4.69, 9.17) is 4.74 Å². The summed E-state index contributed by atoms with van der Waals surface area (Å²) in [4.78, 5) is 30.0. The van der Waals surface area contributed by atoms with E-state index in [2.05, 4.69) is 21.9 Å². The molecule has 1 aromatic rings. The molecule has 0 aliphatic carbocycles. The summed E-state index contributed by atoms with van der Waals surface area (Å²) in [7, 11) is 1.66. The Labute approximate surface area is 136 Å². The summed E-state index contributed by atoms with van der Waals surface area (Å²) in [5, 5.41) is 0. The predicted molar refractivity (Wildman–Crippen MR) is 87.6 cm³/mol. The highest BCUT2D eigenvalue weighted by Gasteiger charge is 2.41. The van der Waals surface area contributed by atoms with Gasteiger partial charge in [0.05, 0.1) is 19.6 Å². The summed E-state index contributed by atoms with van der Waals surface area (Å²) in [6, 6.07) is 7.76. The van der Waals surface area contributed by atoms with Gasteiger partial charge in [-0.1, -0.05) is 0 Å². The Balaban J connectivity index is 1.60. The zero-order chi connectivity index (χ0) is 16.4. The van der Waals surface area contributed by atoms with Crippen LogP contribution in [0, 0.1) is 0 Å². The van der Waals surface area contributed by atoms with Gasteiger partial charge in [0.15, 0.2) is 0 Å². The number of nitrogens with zero attached hydrogens (tertiary/aromatic N) is 3. The number of hydrogen-bond donors (Lipinski definition) is 0. The largest absolute Gasteiger partial charge is 0.497 e. The fourth-order valence-corrected chi connectivity index (χ4v) is 3.37. The molecule has 0 radical (unpaired) electrons. The number of anilines is 1. The highest BCUT2D eigenvalue weighted by molar-refractivity contribution is 6.05. The van der Waals surface area contributed by atoms with Crippen LogP contribution in [0.1, 0.15) is 13.3 Å². The molecule has 23 heavy (non-hydrogen) atoms. The lowest BCUT2D eigenvalue weighted by Crippen LogP contribution is -2.52. The Morgan fingerprint density at radius 2 is 1.74 bits per heavy atom. The van der Waals surface area contributed by atoms with Crippen LogP contribution in [0.5, 0.6) is 5.75 Å². The summed E-state index contributed by atoms with van der Waals surface area (Å²) >= 11 is 0. The molecule has 2 saturated heterocycles. The number of imide groups is 1. The van der Waals surface area contributed by atoms with E-state index < -0.39 is 0 Å². The van der Waals surface area contributed by atoms with Gasteiger partial charge in [-0.2, -0.15) is 0 Å². The highest BCUT2D eigenvalue weighted by Crippen LogP contribution is 2.23. The van der Waals surface area contributed by atoms with Crippen molar-refractivity contribution in [2.45, 2.75) is 19.4 Å². The van der Waals surface area contributed by atoms with Crippen molar-refractivity contribution < 1.29 is 14.3 Å². The third-order valence-electron chi connectivity index (χ3n) is 4.73. The number of rotatable bonds is 4.